The van der Waals surface area contributed by atoms with Gasteiger partial charge in [0.2, 0.25) is 0 Å². The molecule has 0 spiro atoms. The van der Waals surface area contributed by atoms with E-state index >= 15 is 0 Å². The standard InChI is InChI=1S/C11H20N2S2/c1-11(2)4-3-5-12(8-11)9-13-6-7-15-10(13)14/h3-9H2,1-2H3. The second-order valence-corrected chi connectivity index (χ2v) is 7.07. The zero-order valence-electron chi connectivity index (χ0n) is 9.66. The molecule has 0 saturated carbocycles. The van der Waals surface area contributed by atoms with Gasteiger partial charge < -0.3 is 4.90 Å². The summed E-state index contributed by atoms with van der Waals surface area (Å²) in [5, 5.41) is 0. The van der Waals surface area contributed by atoms with Crippen molar-refractivity contribution >= 4 is 28.3 Å². The topological polar surface area (TPSA) is 6.48 Å². The van der Waals surface area contributed by atoms with Crippen molar-refractivity contribution in [1.82, 2.24) is 9.80 Å². The van der Waals surface area contributed by atoms with Crippen LogP contribution in [0.5, 0.6) is 0 Å². The maximum Gasteiger partial charge on any atom is 0.137 e. The van der Waals surface area contributed by atoms with Gasteiger partial charge in [0.05, 0.1) is 6.67 Å². The Morgan fingerprint density at radius 2 is 2.20 bits per heavy atom. The van der Waals surface area contributed by atoms with Crippen molar-refractivity contribution in [2.24, 2.45) is 5.41 Å². The average Bonchev–Trinajstić information content (AvgIpc) is 2.50. The van der Waals surface area contributed by atoms with Crippen molar-refractivity contribution in [3.63, 3.8) is 0 Å². The van der Waals surface area contributed by atoms with Gasteiger partial charge in [0.1, 0.15) is 4.32 Å². The zero-order chi connectivity index (χ0) is 10.9. The fraction of sp³-hybridized carbons (Fsp3) is 0.909. The first-order valence-electron chi connectivity index (χ1n) is 5.71. The van der Waals surface area contributed by atoms with Crippen LogP contribution in [0.15, 0.2) is 0 Å². The average molecular weight is 244 g/mol. The molecule has 4 heteroatoms. The van der Waals surface area contributed by atoms with E-state index < -0.39 is 0 Å². The Balaban J connectivity index is 1.86. The van der Waals surface area contributed by atoms with Crippen LogP contribution in [-0.4, -0.2) is 46.2 Å². The molecule has 0 radical (unpaired) electrons. The molecule has 2 heterocycles. The van der Waals surface area contributed by atoms with Gasteiger partial charge in [-0.25, -0.2) is 0 Å². The summed E-state index contributed by atoms with van der Waals surface area (Å²) in [4.78, 5) is 4.91. The number of rotatable bonds is 2. The summed E-state index contributed by atoms with van der Waals surface area (Å²) >= 11 is 7.15. The Morgan fingerprint density at radius 3 is 2.80 bits per heavy atom. The Labute approximate surface area is 102 Å². The predicted molar refractivity (Wildman–Crippen MR) is 71.2 cm³/mol. The van der Waals surface area contributed by atoms with Crippen molar-refractivity contribution < 1.29 is 0 Å². The summed E-state index contributed by atoms with van der Waals surface area (Å²) in [6, 6.07) is 0. The molecule has 0 aromatic rings. The molecule has 0 N–H and O–H groups in total. The van der Waals surface area contributed by atoms with Gasteiger partial charge in [-0.15, -0.1) is 0 Å². The van der Waals surface area contributed by atoms with Crippen LogP contribution in [0.25, 0.3) is 0 Å². The summed E-state index contributed by atoms with van der Waals surface area (Å²) < 4.78 is 1.10. The first kappa shape index (κ1) is 11.7. The van der Waals surface area contributed by atoms with Crippen LogP contribution in [0.1, 0.15) is 26.7 Å². The van der Waals surface area contributed by atoms with Crippen LogP contribution >= 0.6 is 24.0 Å². The number of thiocarbonyl (C=S) groups is 1. The fourth-order valence-electron chi connectivity index (χ4n) is 2.46. The zero-order valence-corrected chi connectivity index (χ0v) is 11.3. The molecule has 0 amide bonds. The summed E-state index contributed by atoms with van der Waals surface area (Å²) in [6.45, 7) is 9.39. The molecule has 2 fully saturated rings. The number of piperidine rings is 1. The third-order valence-electron chi connectivity index (χ3n) is 3.20. The number of hydrogen-bond donors (Lipinski definition) is 0. The summed E-state index contributed by atoms with van der Waals surface area (Å²) in [7, 11) is 0. The van der Waals surface area contributed by atoms with Crippen LogP contribution in [-0.2, 0) is 0 Å². The van der Waals surface area contributed by atoms with Gasteiger partial charge >= 0.3 is 0 Å². The minimum Gasteiger partial charge on any atom is -0.344 e. The van der Waals surface area contributed by atoms with Gasteiger partial charge in [0.25, 0.3) is 0 Å². The van der Waals surface area contributed by atoms with Gasteiger partial charge in [0, 0.05) is 18.8 Å². The largest absolute Gasteiger partial charge is 0.344 e. The fourth-order valence-corrected chi connectivity index (χ4v) is 3.68. The van der Waals surface area contributed by atoms with Gasteiger partial charge in [-0.05, 0) is 24.8 Å². The number of thioether (sulfide) groups is 1. The molecule has 86 valence electrons. The summed E-state index contributed by atoms with van der Waals surface area (Å²) in [6.07, 6.45) is 2.70. The lowest BCUT2D eigenvalue weighted by molar-refractivity contribution is 0.0865. The van der Waals surface area contributed by atoms with Gasteiger partial charge in [-0.2, -0.15) is 0 Å². The van der Waals surface area contributed by atoms with Crippen LogP contribution in [0.4, 0.5) is 0 Å². The molecule has 0 atom stereocenters. The molecule has 0 unspecified atom stereocenters. The van der Waals surface area contributed by atoms with E-state index in [-0.39, 0.29) is 0 Å². The molecular formula is C11H20N2S2. The Kier molecular flexibility index (Phi) is 3.58. The molecular weight excluding hydrogens is 224 g/mol. The first-order chi connectivity index (χ1) is 7.07. The Morgan fingerprint density at radius 1 is 1.40 bits per heavy atom. The monoisotopic (exact) mass is 244 g/mol. The SMILES string of the molecule is CC1(C)CCCN(CN2CCSC2=S)C1. The van der Waals surface area contributed by atoms with E-state index in [2.05, 4.69) is 23.6 Å². The molecule has 2 nitrogen and oxygen atoms in total. The molecule has 0 aromatic heterocycles. The normalized spacial score (nSPS) is 27.3. The smallest absolute Gasteiger partial charge is 0.137 e. The molecule has 2 rings (SSSR count). The van der Waals surface area contributed by atoms with Gasteiger partial charge in [-0.3, -0.25) is 4.90 Å². The number of likely N-dealkylation sites (tertiary alicyclic amines) is 1. The second-order valence-electron chi connectivity index (χ2n) is 5.34. The quantitative estimate of drug-likeness (QED) is 0.688. The van der Waals surface area contributed by atoms with E-state index in [0.717, 1.165) is 17.5 Å². The maximum atomic E-state index is 5.33. The highest BCUT2D eigenvalue weighted by Gasteiger charge is 2.28. The van der Waals surface area contributed by atoms with E-state index in [1.165, 1.54) is 31.7 Å². The van der Waals surface area contributed by atoms with E-state index in [0.29, 0.717) is 5.41 Å². The van der Waals surface area contributed by atoms with Crippen molar-refractivity contribution in [3.8, 4) is 0 Å². The van der Waals surface area contributed by atoms with Crippen LogP contribution < -0.4 is 0 Å². The molecule has 15 heavy (non-hydrogen) atoms. The van der Waals surface area contributed by atoms with E-state index in [1.807, 2.05) is 11.8 Å². The molecule has 2 saturated heterocycles. The Hall–Kier alpha value is 0.200. The van der Waals surface area contributed by atoms with Crippen molar-refractivity contribution in [3.05, 3.63) is 0 Å². The van der Waals surface area contributed by atoms with Crippen molar-refractivity contribution in [2.75, 3.05) is 32.1 Å². The van der Waals surface area contributed by atoms with Crippen molar-refractivity contribution in [2.45, 2.75) is 26.7 Å². The second kappa shape index (κ2) is 4.60. The third kappa shape index (κ3) is 3.08. The lowest BCUT2D eigenvalue weighted by Crippen LogP contribution is -2.46. The Bertz CT molecular complexity index is 253. The van der Waals surface area contributed by atoms with Crippen LogP contribution in [0.2, 0.25) is 0 Å². The van der Waals surface area contributed by atoms with Crippen molar-refractivity contribution in [1.29, 1.82) is 0 Å². The number of nitrogens with zero attached hydrogens (tertiary/aromatic N) is 2. The minimum absolute atomic E-state index is 0.493. The van der Waals surface area contributed by atoms with E-state index in [9.17, 15) is 0 Å². The third-order valence-corrected chi connectivity index (χ3v) is 4.70. The van der Waals surface area contributed by atoms with E-state index in [1.54, 1.807) is 0 Å². The molecule has 2 aliphatic heterocycles. The summed E-state index contributed by atoms with van der Waals surface area (Å²) in [5.74, 6) is 1.18. The summed E-state index contributed by atoms with van der Waals surface area (Å²) in [5.41, 5.74) is 0.493. The van der Waals surface area contributed by atoms with Gasteiger partial charge in [-0.1, -0.05) is 37.8 Å². The molecule has 0 aromatic carbocycles. The number of hydrogen-bond acceptors (Lipinski definition) is 3. The molecule has 0 aliphatic carbocycles. The van der Waals surface area contributed by atoms with E-state index in [4.69, 9.17) is 12.2 Å². The van der Waals surface area contributed by atoms with Gasteiger partial charge in [0.15, 0.2) is 0 Å². The lowest BCUT2D eigenvalue weighted by Gasteiger charge is -2.39. The predicted octanol–water partition coefficient (Wildman–Crippen LogP) is 2.40. The molecule has 2 aliphatic rings. The van der Waals surface area contributed by atoms with Crippen LogP contribution in [0, 0.1) is 5.41 Å². The first-order valence-corrected chi connectivity index (χ1v) is 7.10. The maximum absolute atomic E-state index is 5.33. The highest BCUT2D eigenvalue weighted by atomic mass is 32.2. The lowest BCUT2D eigenvalue weighted by atomic mass is 9.84. The highest BCUT2D eigenvalue weighted by molar-refractivity contribution is 8.23. The minimum atomic E-state index is 0.493. The van der Waals surface area contributed by atoms with Crippen LogP contribution in [0.3, 0.4) is 0 Å². The molecule has 0 bridgehead atoms. The highest BCUT2D eigenvalue weighted by Crippen LogP contribution is 2.29.